The standard InChI is InChI=1S/C13H10N2O2S/c1-7(16)11-6-18-13(15-11)9-3-4-10-12(5-9)17-8(2)14-10/h3-6H,1-2H3. The van der Waals surface area contributed by atoms with Crippen molar-refractivity contribution in [1.29, 1.82) is 0 Å². The molecule has 0 radical (unpaired) electrons. The molecule has 5 heteroatoms. The Morgan fingerprint density at radius 2 is 2.17 bits per heavy atom. The van der Waals surface area contributed by atoms with E-state index in [0.717, 1.165) is 21.7 Å². The molecule has 0 unspecified atom stereocenters. The summed E-state index contributed by atoms with van der Waals surface area (Å²) in [4.78, 5) is 19.8. The van der Waals surface area contributed by atoms with Gasteiger partial charge in [0, 0.05) is 24.8 Å². The molecule has 0 aliphatic carbocycles. The van der Waals surface area contributed by atoms with Crippen LogP contribution in [0.1, 0.15) is 23.3 Å². The third kappa shape index (κ3) is 1.82. The Morgan fingerprint density at radius 1 is 1.33 bits per heavy atom. The predicted octanol–water partition coefficient (Wildman–Crippen LogP) is 3.46. The minimum atomic E-state index is -0.0194. The minimum absolute atomic E-state index is 0.0194. The topological polar surface area (TPSA) is 56.0 Å². The second kappa shape index (κ2) is 4.03. The molecule has 0 atom stereocenters. The van der Waals surface area contributed by atoms with Crippen molar-refractivity contribution in [2.24, 2.45) is 0 Å². The van der Waals surface area contributed by atoms with E-state index in [1.54, 1.807) is 5.38 Å². The Balaban J connectivity index is 2.09. The summed E-state index contributed by atoms with van der Waals surface area (Å²) in [5.41, 5.74) is 3.02. The first-order chi connectivity index (χ1) is 8.63. The van der Waals surface area contributed by atoms with Gasteiger partial charge in [0.15, 0.2) is 17.3 Å². The molecular weight excluding hydrogens is 248 g/mol. The number of carbonyl (C=O) groups is 1. The molecule has 2 heterocycles. The molecule has 90 valence electrons. The lowest BCUT2D eigenvalue weighted by Gasteiger charge is -1.94. The fourth-order valence-electron chi connectivity index (χ4n) is 1.74. The van der Waals surface area contributed by atoms with Crippen LogP contribution in [0.15, 0.2) is 28.0 Å². The number of hydrogen-bond acceptors (Lipinski definition) is 5. The van der Waals surface area contributed by atoms with Crippen molar-refractivity contribution in [1.82, 2.24) is 9.97 Å². The number of hydrogen-bond donors (Lipinski definition) is 0. The lowest BCUT2D eigenvalue weighted by Crippen LogP contribution is -1.91. The van der Waals surface area contributed by atoms with Gasteiger partial charge in [-0.2, -0.15) is 0 Å². The normalized spacial score (nSPS) is 11.0. The van der Waals surface area contributed by atoms with Crippen molar-refractivity contribution < 1.29 is 9.21 Å². The van der Waals surface area contributed by atoms with Gasteiger partial charge in [0.05, 0.1) is 0 Å². The summed E-state index contributed by atoms with van der Waals surface area (Å²) >= 11 is 1.45. The second-order valence-electron chi connectivity index (χ2n) is 4.01. The van der Waals surface area contributed by atoms with Crippen molar-refractivity contribution in [3.05, 3.63) is 35.2 Å². The maximum atomic E-state index is 11.2. The summed E-state index contributed by atoms with van der Waals surface area (Å²) in [6, 6.07) is 5.74. The molecular formula is C13H10N2O2S. The number of Topliss-reactive ketones (excluding diaryl/α,β-unsaturated/α-hetero) is 1. The number of nitrogens with zero attached hydrogens (tertiary/aromatic N) is 2. The highest BCUT2D eigenvalue weighted by atomic mass is 32.1. The highest BCUT2D eigenvalue weighted by molar-refractivity contribution is 7.13. The number of thiazole rings is 1. The number of rotatable bonds is 2. The predicted molar refractivity (Wildman–Crippen MR) is 69.9 cm³/mol. The highest BCUT2D eigenvalue weighted by Gasteiger charge is 2.10. The first kappa shape index (κ1) is 11.1. The van der Waals surface area contributed by atoms with Gasteiger partial charge in [0.2, 0.25) is 0 Å². The number of fused-ring (bicyclic) bond motifs is 1. The van der Waals surface area contributed by atoms with Gasteiger partial charge in [-0.25, -0.2) is 9.97 Å². The molecule has 0 spiro atoms. The van der Waals surface area contributed by atoms with Gasteiger partial charge in [-0.15, -0.1) is 11.3 Å². The molecule has 0 fully saturated rings. The van der Waals surface area contributed by atoms with Crippen LogP contribution < -0.4 is 0 Å². The van der Waals surface area contributed by atoms with E-state index < -0.39 is 0 Å². The maximum absolute atomic E-state index is 11.2. The molecule has 0 bridgehead atoms. The van der Waals surface area contributed by atoms with E-state index in [2.05, 4.69) is 9.97 Å². The molecule has 0 amide bonds. The Kier molecular flexibility index (Phi) is 2.48. The summed E-state index contributed by atoms with van der Waals surface area (Å²) in [5, 5.41) is 2.59. The first-order valence-electron chi connectivity index (χ1n) is 5.47. The van der Waals surface area contributed by atoms with E-state index in [1.165, 1.54) is 18.3 Å². The van der Waals surface area contributed by atoms with E-state index in [4.69, 9.17) is 4.42 Å². The van der Waals surface area contributed by atoms with Crippen LogP contribution in [0.2, 0.25) is 0 Å². The molecule has 0 saturated carbocycles. The fourth-order valence-corrected chi connectivity index (χ4v) is 2.60. The molecule has 2 aromatic heterocycles. The first-order valence-corrected chi connectivity index (χ1v) is 6.35. The Hall–Kier alpha value is -2.01. The van der Waals surface area contributed by atoms with Crippen LogP contribution in [0.3, 0.4) is 0 Å². The average molecular weight is 258 g/mol. The summed E-state index contributed by atoms with van der Waals surface area (Å²) in [7, 11) is 0. The van der Waals surface area contributed by atoms with Crippen LogP contribution in [0.25, 0.3) is 21.7 Å². The number of ketones is 1. The van der Waals surface area contributed by atoms with Gasteiger partial charge in [-0.3, -0.25) is 4.79 Å². The molecule has 4 nitrogen and oxygen atoms in total. The van der Waals surface area contributed by atoms with Crippen LogP contribution in [-0.2, 0) is 0 Å². The summed E-state index contributed by atoms with van der Waals surface area (Å²) < 4.78 is 5.48. The smallest absolute Gasteiger partial charge is 0.192 e. The van der Waals surface area contributed by atoms with E-state index in [1.807, 2.05) is 25.1 Å². The van der Waals surface area contributed by atoms with Crippen LogP contribution in [0.4, 0.5) is 0 Å². The Bertz CT molecular complexity index is 742. The lowest BCUT2D eigenvalue weighted by molar-refractivity contribution is 0.101. The van der Waals surface area contributed by atoms with Crippen molar-refractivity contribution >= 4 is 28.2 Å². The van der Waals surface area contributed by atoms with Gasteiger partial charge >= 0.3 is 0 Å². The second-order valence-corrected chi connectivity index (χ2v) is 4.87. The summed E-state index contributed by atoms with van der Waals surface area (Å²) in [5.74, 6) is 0.625. The van der Waals surface area contributed by atoms with Crippen molar-refractivity contribution in [2.45, 2.75) is 13.8 Å². The number of oxazole rings is 1. The van der Waals surface area contributed by atoms with Gasteiger partial charge in [-0.05, 0) is 18.2 Å². The lowest BCUT2D eigenvalue weighted by atomic mass is 10.2. The quantitative estimate of drug-likeness (QED) is 0.660. The highest BCUT2D eigenvalue weighted by Crippen LogP contribution is 2.27. The van der Waals surface area contributed by atoms with E-state index >= 15 is 0 Å². The molecule has 0 aliphatic heterocycles. The zero-order valence-electron chi connectivity index (χ0n) is 9.93. The van der Waals surface area contributed by atoms with Gasteiger partial charge in [0.25, 0.3) is 0 Å². The summed E-state index contributed by atoms with van der Waals surface area (Å²) in [6.07, 6.45) is 0. The third-order valence-electron chi connectivity index (χ3n) is 2.61. The van der Waals surface area contributed by atoms with E-state index in [0.29, 0.717) is 11.6 Å². The molecule has 0 saturated heterocycles. The Labute approximate surface area is 107 Å². The van der Waals surface area contributed by atoms with Gasteiger partial charge < -0.3 is 4.42 Å². The number of aromatic nitrogens is 2. The van der Waals surface area contributed by atoms with Crippen LogP contribution in [-0.4, -0.2) is 15.8 Å². The van der Waals surface area contributed by atoms with Crippen LogP contribution in [0, 0.1) is 6.92 Å². The maximum Gasteiger partial charge on any atom is 0.192 e. The third-order valence-corrected chi connectivity index (χ3v) is 3.50. The zero-order chi connectivity index (χ0) is 12.7. The number of benzene rings is 1. The molecule has 3 rings (SSSR count). The molecule has 18 heavy (non-hydrogen) atoms. The SMILES string of the molecule is CC(=O)c1csc(-c2ccc3nc(C)oc3c2)n1. The van der Waals surface area contributed by atoms with Crippen LogP contribution >= 0.6 is 11.3 Å². The zero-order valence-corrected chi connectivity index (χ0v) is 10.7. The van der Waals surface area contributed by atoms with Crippen molar-refractivity contribution in [3.8, 4) is 10.6 Å². The van der Waals surface area contributed by atoms with E-state index in [-0.39, 0.29) is 5.78 Å². The molecule has 3 aromatic rings. The molecule has 0 N–H and O–H groups in total. The molecule has 0 aliphatic rings. The monoisotopic (exact) mass is 258 g/mol. The van der Waals surface area contributed by atoms with Crippen LogP contribution in [0.5, 0.6) is 0 Å². The largest absolute Gasteiger partial charge is 0.441 e. The van der Waals surface area contributed by atoms with Gasteiger partial charge in [-0.1, -0.05) is 0 Å². The minimum Gasteiger partial charge on any atom is -0.441 e. The van der Waals surface area contributed by atoms with Crippen molar-refractivity contribution in [3.63, 3.8) is 0 Å². The average Bonchev–Trinajstić information content (AvgIpc) is 2.91. The fraction of sp³-hybridized carbons (Fsp3) is 0.154. The number of carbonyl (C=O) groups excluding carboxylic acids is 1. The summed E-state index contributed by atoms with van der Waals surface area (Å²) in [6.45, 7) is 3.33. The van der Waals surface area contributed by atoms with Crippen molar-refractivity contribution in [2.75, 3.05) is 0 Å². The Morgan fingerprint density at radius 3 is 2.89 bits per heavy atom. The van der Waals surface area contributed by atoms with Gasteiger partial charge in [0.1, 0.15) is 16.2 Å². The molecule has 1 aromatic carbocycles. The number of aryl methyl sites for hydroxylation is 1. The van der Waals surface area contributed by atoms with E-state index in [9.17, 15) is 4.79 Å².